The van der Waals surface area contributed by atoms with Crippen molar-refractivity contribution in [2.24, 2.45) is 0 Å². The Bertz CT molecular complexity index is 872. The van der Waals surface area contributed by atoms with E-state index < -0.39 is 20.6 Å². The third kappa shape index (κ3) is 4.53. The lowest BCUT2D eigenvalue weighted by Crippen LogP contribution is -2.49. The van der Waals surface area contributed by atoms with Crippen LogP contribution in [-0.4, -0.2) is 60.2 Å². The van der Waals surface area contributed by atoms with Crippen molar-refractivity contribution in [3.8, 4) is 5.75 Å². The Morgan fingerprint density at radius 1 is 1.17 bits per heavy atom. The maximum absolute atomic E-state index is 12.7. The SMILES string of the molecule is C[C@H]1CCC[C@H](C)N1C(=O)COc1ccc(S(=O)(=O)N2CCCC2)cc1[N+](=O)[O-]. The van der Waals surface area contributed by atoms with Gasteiger partial charge in [-0.05, 0) is 58.1 Å². The molecule has 2 fully saturated rings. The van der Waals surface area contributed by atoms with Gasteiger partial charge in [0.15, 0.2) is 12.4 Å². The van der Waals surface area contributed by atoms with E-state index in [2.05, 4.69) is 0 Å². The summed E-state index contributed by atoms with van der Waals surface area (Å²) in [6.45, 7) is 4.46. The molecule has 0 saturated carbocycles. The maximum atomic E-state index is 12.7. The number of amides is 1. The number of carbonyl (C=O) groups is 1. The summed E-state index contributed by atoms with van der Waals surface area (Å²) in [6.07, 6.45) is 4.44. The average Bonchev–Trinajstić information content (AvgIpc) is 3.21. The summed E-state index contributed by atoms with van der Waals surface area (Å²) in [7, 11) is -3.78. The van der Waals surface area contributed by atoms with Crippen molar-refractivity contribution in [1.29, 1.82) is 0 Å². The molecule has 3 rings (SSSR count). The zero-order valence-electron chi connectivity index (χ0n) is 16.7. The van der Waals surface area contributed by atoms with Crippen molar-refractivity contribution in [2.75, 3.05) is 19.7 Å². The van der Waals surface area contributed by atoms with Crippen LogP contribution in [0.25, 0.3) is 0 Å². The fraction of sp³-hybridized carbons (Fsp3) is 0.632. The number of hydrogen-bond acceptors (Lipinski definition) is 6. The van der Waals surface area contributed by atoms with Crippen LogP contribution in [0.4, 0.5) is 5.69 Å². The number of piperidine rings is 1. The van der Waals surface area contributed by atoms with E-state index in [0.717, 1.165) is 38.2 Å². The zero-order valence-corrected chi connectivity index (χ0v) is 17.6. The minimum Gasteiger partial charge on any atom is -0.477 e. The molecule has 0 bridgehead atoms. The molecule has 1 aromatic rings. The molecule has 0 radical (unpaired) electrons. The topological polar surface area (TPSA) is 110 Å². The zero-order chi connectivity index (χ0) is 21.2. The van der Waals surface area contributed by atoms with Gasteiger partial charge in [0.2, 0.25) is 10.0 Å². The Morgan fingerprint density at radius 3 is 2.38 bits per heavy atom. The molecule has 9 nitrogen and oxygen atoms in total. The summed E-state index contributed by atoms with van der Waals surface area (Å²) in [4.78, 5) is 25.0. The number of nitrogens with zero attached hydrogens (tertiary/aromatic N) is 3. The van der Waals surface area contributed by atoms with Gasteiger partial charge in [0.25, 0.3) is 5.91 Å². The Balaban J connectivity index is 1.77. The van der Waals surface area contributed by atoms with E-state index in [1.165, 1.54) is 16.4 Å². The lowest BCUT2D eigenvalue weighted by molar-refractivity contribution is -0.386. The van der Waals surface area contributed by atoms with Gasteiger partial charge in [-0.2, -0.15) is 4.31 Å². The maximum Gasteiger partial charge on any atom is 0.312 e. The standard InChI is InChI=1S/C19H27N3O6S/c1-14-6-5-7-15(2)21(14)19(23)13-28-18-9-8-16(12-17(18)22(24)25)29(26,27)20-10-3-4-11-20/h8-9,12,14-15H,3-7,10-11,13H2,1-2H3/t14-,15-/m0/s1. The Morgan fingerprint density at radius 2 is 1.79 bits per heavy atom. The van der Waals surface area contributed by atoms with E-state index in [-0.39, 0.29) is 35.2 Å². The van der Waals surface area contributed by atoms with Crippen LogP contribution in [-0.2, 0) is 14.8 Å². The number of sulfonamides is 1. The minimum absolute atomic E-state index is 0.0952. The van der Waals surface area contributed by atoms with Crippen LogP contribution in [0.15, 0.2) is 23.1 Å². The Hall–Kier alpha value is -2.20. The number of nitro groups is 1. The predicted octanol–water partition coefficient (Wildman–Crippen LogP) is 2.55. The van der Waals surface area contributed by atoms with E-state index in [0.29, 0.717) is 13.1 Å². The van der Waals surface area contributed by atoms with E-state index in [1.54, 1.807) is 4.90 Å². The largest absolute Gasteiger partial charge is 0.477 e. The van der Waals surface area contributed by atoms with Gasteiger partial charge in [0.05, 0.1) is 9.82 Å². The lowest BCUT2D eigenvalue weighted by atomic mass is 9.97. The van der Waals surface area contributed by atoms with Crippen LogP contribution in [0, 0.1) is 10.1 Å². The average molecular weight is 426 g/mol. The summed E-state index contributed by atoms with van der Waals surface area (Å²) in [5.41, 5.74) is -0.460. The van der Waals surface area contributed by atoms with Gasteiger partial charge in [-0.15, -0.1) is 0 Å². The second-order valence-corrected chi connectivity index (χ2v) is 9.65. The van der Waals surface area contributed by atoms with Crippen molar-refractivity contribution in [1.82, 2.24) is 9.21 Å². The molecule has 1 amide bonds. The number of hydrogen-bond donors (Lipinski definition) is 0. The summed E-state index contributed by atoms with van der Waals surface area (Å²) in [5.74, 6) is -0.339. The van der Waals surface area contributed by atoms with Crippen LogP contribution in [0.2, 0.25) is 0 Å². The molecule has 10 heteroatoms. The number of benzene rings is 1. The molecular formula is C19H27N3O6S. The van der Waals surface area contributed by atoms with Gasteiger partial charge in [-0.25, -0.2) is 8.42 Å². The molecule has 1 aromatic carbocycles. The van der Waals surface area contributed by atoms with Gasteiger partial charge in [0, 0.05) is 31.2 Å². The number of ether oxygens (including phenoxy) is 1. The molecular weight excluding hydrogens is 398 g/mol. The quantitative estimate of drug-likeness (QED) is 0.512. The molecule has 0 unspecified atom stereocenters. The first kappa shape index (κ1) is 21.5. The minimum atomic E-state index is -3.78. The second kappa shape index (κ2) is 8.66. The van der Waals surface area contributed by atoms with E-state index >= 15 is 0 Å². The molecule has 2 atom stereocenters. The third-order valence-corrected chi connectivity index (χ3v) is 7.56. The first-order valence-electron chi connectivity index (χ1n) is 9.94. The van der Waals surface area contributed by atoms with Crippen LogP contribution in [0.1, 0.15) is 46.0 Å². The molecule has 0 spiro atoms. The fourth-order valence-electron chi connectivity index (χ4n) is 4.13. The summed E-state index contributed by atoms with van der Waals surface area (Å²) in [5, 5.41) is 11.5. The number of rotatable bonds is 6. The van der Waals surface area contributed by atoms with Crippen molar-refractivity contribution in [2.45, 2.75) is 62.9 Å². The number of carbonyl (C=O) groups excluding carboxylic acids is 1. The van der Waals surface area contributed by atoms with Crippen molar-refractivity contribution >= 4 is 21.6 Å². The van der Waals surface area contributed by atoms with Crippen LogP contribution >= 0.6 is 0 Å². The Kier molecular flexibility index (Phi) is 6.42. The first-order chi connectivity index (χ1) is 13.7. The highest BCUT2D eigenvalue weighted by molar-refractivity contribution is 7.89. The summed E-state index contributed by atoms with van der Waals surface area (Å²) < 4.78 is 32.1. The van der Waals surface area contributed by atoms with Crippen LogP contribution in [0.3, 0.4) is 0 Å². The highest BCUT2D eigenvalue weighted by Crippen LogP contribution is 2.32. The third-order valence-electron chi connectivity index (χ3n) is 5.66. The highest BCUT2D eigenvalue weighted by Gasteiger charge is 2.31. The normalized spacial score (nSPS) is 23.2. The van der Waals surface area contributed by atoms with Crippen molar-refractivity contribution in [3.63, 3.8) is 0 Å². The number of nitro benzene ring substituents is 1. The lowest BCUT2D eigenvalue weighted by Gasteiger charge is -2.38. The van der Waals surface area contributed by atoms with Gasteiger partial charge >= 0.3 is 5.69 Å². The molecule has 2 heterocycles. The van der Waals surface area contributed by atoms with Crippen molar-refractivity contribution in [3.05, 3.63) is 28.3 Å². The van der Waals surface area contributed by atoms with Gasteiger partial charge in [-0.3, -0.25) is 14.9 Å². The summed E-state index contributed by atoms with van der Waals surface area (Å²) >= 11 is 0. The van der Waals surface area contributed by atoms with Crippen molar-refractivity contribution < 1.29 is 22.9 Å². The van der Waals surface area contributed by atoms with Gasteiger partial charge in [0.1, 0.15) is 0 Å². The molecule has 2 aliphatic heterocycles. The molecule has 29 heavy (non-hydrogen) atoms. The van der Waals surface area contributed by atoms with Gasteiger partial charge < -0.3 is 9.64 Å². The van der Waals surface area contributed by atoms with Crippen LogP contribution < -0.4 is 4.74 Å². The molecule has 2 saturated heterocycles. The molecule has 0 aromatic heterocycles. The Labute approximate surface area is 170 Å². The predicted molar refractivity (Wildman–Crippen MR) is 106 cm³/mol. The first-order valence-corrected chi connectivity index (χ1v) is 11.4. The smallest absolute Gasteiger partial charge is 0.312 e. The second-order valence-electron chi connectivity index (χ2n) is 7.72. The summed E-state index contributed by atoms with van der Waals surface area (Å²) in [6, 6.07) is 3.76. The molecule has 0 aliphatic carbocycles. The highest BCUT2D eigenvalue weighted by atomic mass is 32.2. The fourth-order valence-corrected chi connectivity index (χ4v) is 5.66. The molecule has 0 N–H and O–H groups in total. The number of likely N-dealkylation sites (tertiary alicyclic amines) is 1. The van der Waals surface area contributed by atoms with E-state index in [1.807, 2.05) is 13.8 Å². The van der Waals surface area contributed by atoms with E-state index in [4.69, 9.17) is 4.74 Å². The van der Waals surface area contributed by atoms with Gasteiger partial charge in [-0.1, -0.05) is 0 Å². The van der Waals surface area contributed by atoms with Crippen LogP contribution in [0.5, 0.6) is 5.75 Å². The molecule has 160 valence electrons. The van der Waals surface area contributed by atoms with E-state index in [9.17, 15) is 23.3 Å². The molecule has 2 aliphatic rings. The monoisotopic (exact) mass is 425 g/mol.